The molecule has 0 fully saturated rings. The molecule has 1 unspecified atom stereocenters. The third-order valence-electron chi connectivity index (χ3n) is 5.63. The summed E-state index contributed by atoms with van der Waals surface area (Å²) in [6, 6.07) is 2.84. The van der Waals surface area contributed by atoms with Crippen molar-refractivity contribution in [1.29, 1.82) is 0 Å². The normalized spacial score (nSPS) is 16.1. The van der Waals surface area contributed by atoms with Crippen molar-refractivity contribution in [2.75, 3.05) is 19.5 Å². The number of ether oxygens (including phenoxy) is 2. The highest BCUT2D eigenvalue weighted by molar-refractivity contribution is 7.10. The van der Waals surface area contributed by atoms with E-state index in [1.54, 1.807) is 11.3 Å². The molecule has 1 aromatic heterocycles. The van der Waals surface area contributed by atoms with E-state index in [0.717, 1.165) is 24.8 Å². The summed E-state index contributed by atoms with van der Waals surface area (Å²) in [6.45, 7) is 6.77. The van der Waals surface area contributed by atoms with Crippen LogP contribution in [0, 0.1) is 11.3 Å². The van der Waals surface area contributed by atoms with Gasteiger partial charge in [0.1, 0.15) is 0 Å². The lowest BCUT2D eigenvalue weighted by molar-refractivity contribution is 0.0697. The number of nitrogens with one attached hydrogen (secondary N) is 1. The molecule has 0 bridgehead atoms. The van der Waals surface area contributed by atoms with Crippen molar-refractivity contribution >= 4 is 28.9 Å². The molecule has 1 amide bonds. The fourth-order valence-electron chi connectivity index (χ4n) is 3.79. The largest absolute Gasteiger partial charge is 0.493 e. The standard InChI is InChI=1S/C22H27NO5S/c1-22(2,3)12-6-7-13-15(11-29-19(13)8-12)20(24)23-16-10-18(28-5)17(27-4)9-14(16)21(25)26/h9-12H,6-8H2,1-5H3,(H,23,24)(H,25,26). The van der Waals surface area contributed by atoms with E-state index in [2.05, 4.69) is 26.1 Å². The number of benzene rings is 1. The van der Waals surface area contributed by atoms with E-state index in [1.165, 1.54) is 31.2 Å². The zero-order chi connectivity index (χ0) is 21.3. The van der Waals surface area contributed by atoms with Gasteiger partial charge in [-0.3, -0.25) is 4.79 Å². The topological polar surface area (TPSA) is 84.9 Å². The number of hydrogen-bond acceptors (Lipinski definition) is 5. The highest BCUT2D eigenvalue weighted by Gasteiger charge is 2.32. The molecule has 7 heteroatoms. The molecule has 6 nitrogen and oxygen atoms in total. The molecule has 0 aliphatic heterocycles. The van der Waals surface area contributed by atoms with Crippen molar-refractivity contribution in [1.82, 2.24) is 0 Å². The molecule has 1 heterocycles. The summed E-state index contributed by atoms with van der Waals surface area (Å²) in [4.78, 5) is 25.9. The molecule has 1 aliphatic carbocycles. The average Bonchev–Trinajstić information content (AvgIpc) is 3.10. The van der Waals surface area contributed by atoms with Gasteiger partial charge in [0, 0.05) is 22.4 Å². The number of carbonyl (C=O) groups is 2. The van der Waals surface area contributed by atoms with Gasteiger partial charge in [0.25, 0.3) is 5.91 Å². The van der Waals surface area contributed by atoms with Crippen molar-refractivity contribution in [2.24, 2.45) is 11.3 Å². The third-order valence-corrected chi connectivity index (χ3v) is 6.68. The van der Waals surface area contributed by atoms with Gasteiger partial charge in [0.2, 0.25) is 0 Å². The number of methoxy groups -OCH3 is 2. The Labute approximate surface area is 174 Å². The number of carboxylic acid groups (broad SMARTS) is 1. The number of carbonyl (C=O) groups excluding carboxylic acids is 1. The Hall–Kier alpha value is -2.54. The first-order valence-electron chi connectivity index (χ1n) is 9.55. The maximum atomic E-state index is 13.0. The minimum atomic E-state index is -1.15. The second kappa shape index (κ2) is 8.06. The van der Waals surface area contributed by atoms with E-state index in [9.17, 15) is 14.7 Å². The molecule has 1 atom stereocenters. The number of thiophene rings is 1. The van der Waals surface area contributed by atoms with E-state index in [-0.39, 0.29) is 22.6 Å². The summed E-state index contributed by atoms with van der Waals surface area (Å²) in [5.41, 5.74) is 2.09. The summed E-state index contributed by atoms with van der Waals surface area (Å²) in [5.74, 6) is -0.209. The average molecular weight is 418 g/mol. The molecule has 3 rings (SSSR count). The molecule has 0 spiro atoms. The van der Waals surface area contributed by atoms with Crippen LogP contribution in [-0.2, 0) is 12.8 Å². The first-order valence-corrected chi connectivity index (χ1v) is 10.4. The Balaban J connectivity index is 1.89. The summed E-state index contributed by atoms with van der Waals surface area (Å²) >= 11 is 1.61. The van der Waals surface area contributed by atoms with E-state index in [0.29, 0.717) is 23.0 Å². The highest BCUT2D eigenvalue weighted by Crippen LogP contribution is 2.41. The number of aromatic carboxylic acids is 1. The van der Waals surface area contributed by atoms with Crippen LogP contribution in [0.15, 0.2) is 17.5 Å². The van der Waals surface area contributed by atoms with Crippen molar-refractivity contribution in [3.05, 3.63) is 39.1 Å². The van der Waals surface area contributed by atoms with Crippen molar-refractivity contribution < 1.29 is 24.2 Å². The van der Waals surface area contributed by atoms with E-state index in [1.807, 2.05) is 5.38 Å². The predicted molar refractivity (Wildman–Crippen MR) is 114 cm³/mol. The molecule has 29 heavy (non-hydrogen) atoms. The number of amides is 1. The van der Waals surface area contributed by atoms with Gasteiger partial charge >= 0.3 is 5.97 Å². The smallest absolute Gasteiger partial charge is 0.337 e. The fraction of sp³-hybridized carbons (Fsp3) is 0.455. The Morgan fingerprint density at radius 1 is 1.14 bits per heavy atom. The van der Waals surface area contributed by atoms with Crippen molar-refractivity contribution in [2.45, 2.75) is 40.0 Å². The predicted octanol–water partition coefficient (Wildman–Crippen LogP) is 4.87. The van der Waals surface area contributed by atoms with Gasteiger partial charge in [-0.2, -0.15) is 0 Å². The van der Waals surface area contributed by atoms with Crippen LogP contribution in [0.2, 0.25) is 0 Å². The maximum absolute atomic E-state index is 13.0. The van der Waals surface area contributed by atoms with Crippen molar-refractivity contribution in [3.63, 3.8) is 0 Å². The number of carboxylic acids is 1. The van der Waals surface area contributed by atoms with Gasteiger partial charge in [-0.25, -0.2) is 4.79 Å². The first-order chi connectivity index (χ1) is 13.7. The van der Waals surface area contributed by atoms with Gasteiger partial charge in [-0.05, 0) is 36.2 Å². The number of hydrogen-bond donors (Lipinski definition) is 2. The number of anilines is 1. The Bertz CT molecular complexity index is 941. The molecule has 0 saturated heterocycles. The van der Waals surface area contributed by atoms with Crippen LogP contribution in [0.25, 0.3) is 0 Å². The zero-order valence-electron chi connectivity index (χ0n) is 17.4. The van der Waals surface area contributed by atoms with Crippen molar-refractivity contribution in [3.8, 4) is 11.5 Å². The number of rotatable bonds is 5. The van der Waals surface area contributed by atoms with Gasteiger partial charge < -0.3 is 19.9 Å². The first kappa shape index (κ1) is 21.2. The molecule has 1 aromatic carbocycles. The molecule has 2 aromatic rings. The summed E-state index contributed by atoms with van der Waals surface area (Å²) in [6.07, 6.45) is 2.89. The fourth-order valence-corrected chi connectivity index (χ4v) is 4.95. The van der Waals surface area contributed by atoms with Gasteiger partial charge in [0.05, 0.1) is 31.0 Å². The van der Waals surface area contributed by atoms with Gasteiger partial charge in [-0.15, -0.1) is 11.3 Å². The van der Waals surface area contributed by atoms with E-state index < -0.39 is 5.97 Å². The molecule has 0 radical (unpaired) electrons. The summed E-state index contributed by atoms with van der Waals surface area (Å²) in [7, 11) is 2.90. The molecular weight excluding hydrogens is 390 g/mol. The Kier molecular flexibility index (Phi) is 5.89. The second-order valence-electron chi connectivity index (χ2n) is 8.37. The van der Waals surface area contributed by atoms with Crippen LogP contribution in [-0.4, -0.2) is 31.2 Å². The van der Waals surface area contributed by atoms with Crippen LogP contribution in [0.3, 0.4) is 0 Å². The minimum Gasteiger partial charge on any atom is -0.493 e. The molecule has 156 valence electrons. The van der Waals surface area contributed by atoms with E-state index >= 15 is 0 Å². The van der Waals surface area contributed by atoms with Crippen LogP contribution < -0.4 is 14.8 Å². The summed E-state index contributed by atoms with van der Waals surface area (Å²) < 4.78 is 10.4. The minimum absolute atomic E-state index is 0.0482. The molecular formula is C22H27NO5S. The quantitative estimate of drug-likeness (QED) is 0.725. The summed E-state index contributed by atoms with van der Waals surface area (Å²) in [5, 5.41) is 14.2. The highest BCUT2D eigenvalue weighted by atomic mass is 32.1. The Morgan fingerprint density at radius 2 is 1.79 bits per heavy atom. The number of fused-ring (bicyclic) bond motifs is 1. The SMILES string of the molecule is COc1cc(NC(=O)c2csc3c2CCC(C(C)(C)C)C3)c(C(=O)O)cc1OC. The zero-order valence-corrected chi connectivity index (χ0v) is 18.2. The molecule has 2 N–H and O–H groups in total. The van der Waals surface area contributed by atoms with Crippen LogP contribution in [0.1, 0.15) is 58.3 Å². The lowest BCUT2D eigenvalue weighted by atomic mass is 9.72. The second-order valence-corrected chi connectivity index (χ2v) is 9.33. The van der Waals surface area contributed by atoms with Gasteiger partial charge in [-0.1, -0.05) is 20.8 Å². The van der Waals surface area contributed by atoms with Gasteiger partial charge in [0.15, 0.2) is 11.5 Å². The third kappa shape index (κ3) is 4.24. The lowest BCUT2D eigenvalue weighted by Crippen LogP contribution is -2.27. The van der Waals surface area contributed by atoms with E-state index in [4.69, 9.17) is 9.47 Å². The lowest BCUT2D eigenvalue weighted by Gasteiger charge is -2.34. The maximum Gasteiger partial charge on any atom is 0.337 e. The van der Waals surface area contributed by atoms with Crippen LogP contribution >= 0.6 is 11.3 Å². The monoisotopic (exact) mass is 417 g/mol. The molecule has 0 saturated carbocycles. The van der Waals surface area contributed by atoms with Crippen LogP contribution in [0.5, 0.6) is 11.5 Å². The Morgan fingerprint density at radius 3 is 2.38 bits per heavy atom. The van der Waals surface area contributed by atoms with Crippen LogP contribution in [0.4, 0.5) is 5.69 Å². The molecule has 1 aliphatic rings.